The first-order valence-electron chi connectivity index (χ1n) is 19.0. The van der Waals surface area contributed by atoms with Crippen molar-refractivity contribution >= 4 is 43.1 Å². The van der Waals surface area contributed by atoms with Crippen LogP contribution in [0.1, 0.15) is 68.0 Å². The largest absolute Gasteiger partial charge is 0.524 e. The van der Waals surface area contributed by atoms with Gasteiger partial charge in [-0.2, -0.15) is 5.26 Å². The van der Waals surface area contributed by atoms with Crippen molar-refractivity contribution in [3.05, 3.63) is 155 Å². The Morgan fingerprint density at radius 1 is 0.738 bits per heavy atom. The minimum Gasteiger partial charge on any atom is -0.465 e. The molecule has 0 bridgehead atoms. The summed E-state index contributed by atoms with van der Waals surface area (Å²) in [6.07, 6.45) is 0.107. The van der Waals surface area contributed by atoms with Crippen LogP contribution < -0.4 is 25.8 Å². The lowest BCUT2D eigenvalue weighted by molar-refractivity contribution is -0.128. The standard InChI is InChI=1S/C45H44N5O10P/c1-28(2)23-39(50-44(54)40(49-41(51)33-13-9-30(26-46)10-14-33)24-29-11-20-36(21-12-29)60-61(56,57)58)43(53)48-35-19-22-37(42(52)47-27-31-7-5-4-6-8-31)38(25-35)32-15-17-34(18-16-32)45(55)59-3/h4-22,25,28,39-40H,23-24,27H2,1-3H3,(H,47,52)(H,48,53)(H,49,51)(H,50,54)(H2,56,57,58)/t39-,40-/m0/s1. The van der Waals surface area contributed by atoms with Crippen LogP contribution in [-0.4, -0.2) is 58.6 Å². The van der Waals surface area contributed by atoms with Crippen LogP contribution in [0.25, 0.3) is 11.1 Å². The second-order valence-electron chi connectivity index (χ2n) is 14.3. The molecule has 0 saturated carbocycles. The Labute approximate surface area is 352 Å². The summed E-state index contributed by atoms with van der Waals surface area (Å²) in [6, 6.07) is 31.6. The summed E-state index contributed by atoms with van der Waals surface area (Å²) in [4.78, 5) is 85.6. The number of nitrogens with zero attached hydrogens (tertiary/aromatic N) is 1. The molecule has 0 aliphatic heterocycles. The third kappa shape index (κ3) is 13.2. The van der Waals surface area contributed by atoms with Crippen LogP contribution in [0.5, 0.6) is 5.75 Å². The summed E-state index contributed by atoms with van der Waals surface area (Å²) in [5.41, 5.74) is 3.82. The molecular weight excluding hydrogens is 801 g/mol. The number of ether oxygens (including phenoxy) is 1. The molecule has 0 fully saturated rings. The smallest absolute Gasteiger partial charge is 0.465 e. The first-order chi connectivity index (χ1) is 29.1. The normalized spacial score (nSPS) is 12.0. The summed E-state index contributed by atoms with van der Waals surface area (Å²) < 4.78 is 20.8. The Morgan fingerprint density at radius 2 is 1.39 bits per heavy atom. The van der Waals surface area contributed by atoms with Crippen LogP contribution in [0.15, 0.2) is 121 Å². The predicted octanol–water partition coefficient (Wildman–Crippen LogP) is 5.92. The number of carbonyl (C=O) groups excluding carboxylic acids is 5. The van der Waals surface area contributed by atoms with Crippen LogP contribution >= 0.6 is 7.82 Å². The molecule has 5 rings (SSSR count). The Hall–Kier alpha value is -7.11. The first-order valence-corrected chi connectivity index (χ1v) is 20.6. The molecule has 15 nitrogen and oxygen atoms in total. The van der Waals surface area contributed by atoms with Gasteiger partial charge in [0.1, 0.15) is 17.8 Å². The fourth-order valence-corrected chi connectivity index (χ4v) is 6.64. The number of benzene rings is 5. The third-order valence-electron chi connectivity index (χ3n) is 9.27. The van der Waals surface area contributed by atoms with Crippen molar-refractivity contribution in [2.24, 2.45) is 5.92 Å². The highest BCUT2D eigenvalue weighted by Gasteiger charge is 2.29. The first kappa shape index (κ1) is 45.0. The van der Waals surface area contributed by atoms with Gasteiger partial charge in [-0.1, -0.05) is 68.4 Å². The molecule has 0 aliphatic carbocycles. The molecule has 6 N–H and O–H groups in total. The van der Waals surface area contributed by atoms with E-state index < -0.39 is 43.6 Å². The van der Waals surface area contributed by atoms with Crippen molar-refractivity contribution in [2.75, 3.05) is 12.4 Å². The van der Waals surface area contributed by atoms with Crippen LogP contribution in [0.3, 0.4) is 0 Å². The number of carbonyl (C=O) groups is 5. The van der Waals surface area contributed by atoms with Crippen molar-refractivity contribution in [2.45, 2.75) is 45.3 Å². The summed E-state index contributed by atoms with van der Waals surface area (Å²) in [6.45, 7) is 4.01. The zero-order chi connectivity index (χ0) is 44.1. The average molecular weight is 846 g/mol. The van der Waals surface area contributed by atoms with Gasteiger partial charge < -0.3 is 30.5 Å². The number of hydrogen-bond donors (Lipinski definition) is 6. The lowest BCUT2D eigenvalue weighted by Gasteiger charge is -2.25. The highest BCUT2D eigenvalue weighted by Crippen LogP contribution is 2.37. The van der Waals surface area contributed by atoms with E-state index in [0.29, 0.717) is 39.1 Å². The van der Waals surface area contributed by atoms with Gasteiger partial charge >= 0.3 is 13.8 Å². The van der Waals surface area contributed by atoms with E-state index in [1.165, 1.54) is 55.6 Å². The van der Waals surface area contributed by atoms with Crippen LogP contribution in [0.4, 0.5) is 5.69 Å². The number of methoxy groups -OCH3 is 1. The Balaban J connectivity index is 1.41. The number of anilines is 1. The summed E-state index contributed by atoms with van der Waals surface area (Å²) in [7, 11) is -3.55. The molecule has 314 valence electrons. The zero-order valence-corrected chi connectivity index (χ0v) is 34.3. The molecule has 0 aromatic heterocycles. The van der Waals surface area contributed by atoms with Crippen LogP contribution in [0.2, 0.25) is 0 Å². The van der Waals surface area contributed by atoms with Gasteiger partial charge in [-0.25, -0.2) is 9.36 Å². The lowest BCUT2D eigenvalue weighted by Crippen LogP contribution is -2.53. The SMILES string of the molecule is COC(=O)c1ccc(-c2cc(NC(=O)[C@H](CC(C)C)NC(=O)[C@H](Cc3ccc(OP(=O)(O)O)cc3)NC(=O)c3ccc(C#N)cc3)ccc2C(=O)NCc2ccccc2)cc1. The number of rotatable bonds is 17. The Morgan fingerprint density at radius 3 is 2.00 bits per heavy atom. The number of esters is 1. The highest BCUT2D eigenvalue weighted by atomic mass is 31.2. The molecule has 0 aliphatic rings. The van der Waals surface area contributed by atoms with E-state index in [2.05, 4.69) is 25.8 Å². The number of nitrogens with one attached hydrogen (secondary N) is 4. The van der Waals surface area contributed by atoms with Crippen molar-refractivity contribution in [1.29, 1.82) is 5.26 Å². The van der Waals surface area contributed by atoms with Gasteiger partial charge in [-0.3, -0.25) is 29.0 Å². The molecule has 5 aromatic rings. The molecule has 0 radical (unpaired) electrons. The van der Waals surface area contributed by atoms with Crippen molar-refractivity contribution in [3.63, 3.8) is 0 Å². The molecule has 4 amide bonds. The van der Waals surface area contributed by atoms with Gasteiger partial charge in [-0.15, -0.1) is 0 Å². The van der Waals surface area contributed by atoms with Gasteiger partial charge in [0.15, 0.2) is 0 Å². The second kappa shape index (κ2) is 20.7. The lowest BCUT2D eigenvalue weighted by atomic mass is 9.97. The zero-order valence-electron chi connectivity index (χ0n) is 33.5. The van der Waals surface area contributed by atoms with Crippen LogP contribution in [-0.2, 0) is 31.9 Å². The quantitative estimate of drug-likeness (QED) is 0.0475. The minimum absolute atomic E-state index is 0.0797. The molecule has 61 heavy (non-hydrogen) atoms. The minimum atomic E-state index is -4.83. The van der Waals surface area contributed by atoms with Crippen LogP contribution in [0, 0.1) is 17.2 Å². The number of phosphoric acid groups is 1. The van der Waals surface area contributed by atoms with E-state index in [9.17, 15) is 43.6 Å². The molecule has 0 unspecified atom stereocenters. The molecule has 5 aromatic carbocycles. The van der Waals surface area contributed by atoms with Gasteiger partial charge in [0.25, 0.3) is 11.8 Å². The highest BCUT2D eigenvalue weighted by molar-refractivity contribution is 7.46. The van der Waals surface area contributed by atoms with Gasteiger partial charge in [0.05, 0.1) is 24.3 Å². The molecule has 2 atom stereocenters. The predicted molar refractivity (Wildman–Crippen MR) is 226 cm³/mol. The van der Waals surface area contributed by atoms with Crippen molar-refractivity contribution in [3.8, 4) is 22.9 Å². The Bertz CT molecular complexity index is 2450. The average Bonchev–Trinajstić information content (AvgIpc) is 3.25. The van der Waals surface area contributed by atoms with E-state index >= 15 is 0 Å². The van der Waals surface area contributed by atoms with Gasteiger partial charge in [0, 0.05) is 29.8 Å². The summed E-state index contributed by atoms with van der Waals surface area (Å²) >= 11 is 0. The van der Waals surface area contributed by atoms with E-state index in [-0.39, 0.29) is 42.5 Å². The van der Waals surface area contributed by atoms with E-state index in [1.807, 2.05) is 50.2 Å². The van der Waals surface area contributed by atoms with Gasteiger partial charge in [0.2, 0.25) is 11.8 Å². The van der Waals surface area contributed by atoms with E-state index in [0.717, 1.165) is 5.56 Å². The van der Waals surface area contributed by atoms with Crippen molar-refractivity contribution in [1.82, 2.24) is 16.0 Å². The maximum atomic E-state index is 14.1. The molecule has 0 spiro atoms. The number of amides is 4. The monoisotopic (exact) mass is 845 g/mol. The topological polar surface area (TPSA) is 233 Å². The Kier molecular flexibility index (Phi) is 15.3. The van der Waals surface area contributed by atoms with E-state index in [1.54, 1.807) is 42.5 Å². The van der Waals surface area contributed by atoms with Crippen molar-refractivity contribution < 1.29 is 47.6 Å². The molecule has 0 heterocycles. The molecule has 0 saturated heterocycles. The van der Waals surface area contributed by atoms with E-state index in [4.69, 9.17) is 4.74 Å². The second-order valence-corrected chi connectivity index (χ2v) is 15.5. The maximum Gasteiger partial charge on any atom is 0.524 e. The number of nitriles is 1. The third-order valence-corrected chi connectivity index (χ3v) is 9.72. The fourth-order valence-electron chi connectivity index (χ4n) is 6.25. The number of hydrogen-bond acceptors (Lipinski definition) is 9. The maximum absolute atomic E-state index is 14.1. The summed E-state index contributed by atoms with van der Waals surface area (Å²) in [5, 5.41) is 20.5. The summed E-state index contributed by atoms with van der Waals surface area (Å²) in [5.74, 6) is -3.01. The number of phosphoric ester groups is 1. The fraction of sp³-hybridized carbons (Fsp3) is 0.200. The molecular formula is C45H44N5O10P. The molecule has 16 heteroatoms. The van der Waals surface area contributed by atoms with Gasteiger partial charge in [-0.05, 0) is 101 Å².